The molecular weight excluding hydrogens is 316 g/mol. The molecule has 0 aliphatic carbocycles. The van der Waals surface area contributed by atoms with Gasteiger partial charge in [0.25, 0.3) is 8.32 Å². The van der Waals surface area contributed by atoms with Crippen LogP contribution in [-0.2, 0) is 13.0 Å². The largest absolute Gasteiger partial charge is 0.541 e. The van der Waals surface area contributed by atoms with E-state index in [0.29, 0.717) is 5.88 Å². The van der Waals surface area contributed by atoms with Crippen LogP contribution in [0.25, 0.3) is 11.0 Å². The van der Waals surface area contributed by atoms with Crippen molar-refractivity contribution in [2.75, 3.05) is 7.11 Å². The molecule has 0 bridgehead atoms. The highest BCUT2D eigenvalue weighted by Gasteiger charge is 2.40. The standard InChI is InChI=1S/C19H30N2O2Si/c1-9-13-21-14(10-2)18(23-24(7,8)19(3,4)5)17-15(21)11-12-16(20-17)22-6/h9,11-12H,1,10,13H2,2-8H3. The van der Waals surface area contributed by atoms with Crippen molar-refractivity contribution in [3.05, 3.63) is 30.5 Å². The first-order valence-electron chi connectivity index (χ1n) is 8.52. The van der Waals surface area contributed by atoms with Crippen molar-refractivity contribution in [3.8, 4) is 11.6 Å². The molecule has 0 aromatic carbocycles. The smallest absolute Gasteiger partial charge is 0.250 e. The molecule has 0 saturated carbocycles. The summed E-state index contributed by atoms with van der Waals surface area (Å²) in [6.45, 7) is 18.1. The maximum atomic E-state index is 6.69. The summed E-state index contributed by atoms with van der Waals surface area (Å²) in [4.78, 5) is 4.69. The van der Waals surface area contributed by atoms with Crippen molar-refractivity contribution in [2.24, 2.45) is 0 Å². The van der Waals surface area contributed by atoms with E-state index in [0.717, 1.165) is 29.7 Å². The van der Waals surface area contributed by atoms with E-state index in [2.05, 4.69) is 58.0 Å². The molecule has 0 spiro atoms. The molecule has 4 nitrogen and oxygen atoms in total. The molecule has 0 atom stereocenters. The van der Waals surface area contributed by atoms with Gasteiger partial charge in [-0.3, -0.25) is 0 Å². The van der Waals surface area contributed by atoms with Gasteiger partial charge in [0.15, 0.2) is 5.75 Å². The summed E-state index contributed by atoms with van der Waals surface area (Å²) < 4.78 is 14.3. The van der Waals surface area contributed by atoms with Gasteiger partial charge < -0.3 is 13.7 Å². The van der Waals surface area contributed by atoms with E-state index < -0.39 is 8.32 Å². The first-order chi connectivity index (χ1) is 11.2. The van der Waals surface area contributed by atoms with Crippen LogP contribution in [0.5, 0.6) is 11.6 Å². The van der Waals surface area contributed by atoms with E-state index in [1.54, 1.807) is 7.11 Å². The molecule has 132 valence electrons. The number of pyridine rings is 1. The average Bonchev–Trinajstić information content (AvgIpc) is 2.78. The van der Waals surface area contributed by atoms with Crippen LogP contribution in [0.15, 0.2) is 24.8 Å². The Balaban J connectivity index is 2.72. The Kier molecular flexibility index (Phi) is 5.13. The van der Waals surface area contributed by atoms with E-state index in [1.807, 2.05) is 12.1 Å². The molecule has 0 saturated heterocycles. The summed E-state index contributed by atoms with van der Waals surface area (Å²) in [5, 5.41) is 0.129. The van der Waals surface area contributed by atoms with Crippen LogP contribution >= 0.6 is 0 Å². The number of aromatic nitrogens is 2. The molecule has 0 radical (unpaired) electrons. The Morgan fingerprint density at radius 3 is 2.46 bits per heavy atom. The normalized spacial score (nSPS) is 12.5. The molecule has 0 N–H and O–H groups in total. The minimum Gasteiger partial charge on any atom is -0.541 e. The second-order valence-electron chi connectivity index (χ2n) is 7.61. The average molecular weight is 347 g/mol. The predicted octanol–water partition coefficient (Wildman–Crippen LogP) is 5.18. The topological polar surface area (TPSA) is 36.3 Å². The lowest BCUT2D eigenvalue weighted by Crippen LogP contribution is -2.44. The Labute approximate surface area is 146 Å². The molecule has 0 unspecified atom stereocenters. The Bertz CT molecular complexity index is 742. The number of nitrogens with zero attached hydrogens (tertiary/aromatic N) is 2. The SMILES string of the molecule is C=CCn1c(CC)c(O[Si](C)(C)C(C)(C)C)c2nc(OC)ccc21. The summed E-state index contributed by atoms with van der Waals surface area (Å²) in [5.41, 5.74) is 3.13. The van der Waals surface area contributed by atoms with Crippen LogP contribution in [0.4, 0.5) is 0 Å². The molecule has 0 aliphatic heterocycles. The van der Waals surface area contributed by atoms with Crippen molar-refractivity contribution in [2.45, 2.75) is 58.8 Å². The van der Waals surface area contributed by atoms with Crippen molar-refractivity contribution in [1.29, 1.82) is 0 Å². The highest BCUT2D eigenvalue weighted by Crippen LogP contribution is 2.41. The van der Waals surface area contributed by atoms with Gasteiger partial charge in [0.05, 0.1) is 18.3 Å². The monoisotopic (exact) mass is 346 g/mol. The minimum atomic E-state index is -1.97. The molecule has 2 rings (SSSR count). The number of methoxy groups -OCH3 is 1. The van der Waals surface area contributed by atoms with Gasteiger partial charge >= 0.3 is 0 Å². The molecule has 0 aliphatic rings. The van der Waals surface area contributed by atoms with Gasteiger partial charge in [-0.15, -0.1) is 6.58 Å². The van der Waals surface area contributed by atoms with Gasteiger partial charge in [0.1, 0.15) is 5.52 Å². The van der Waals surface area contributed by atoms with Crippen molar-refractivity contribution >= 4 is 19.4 Å². The highest BCUT2D eigenvalue weighted by molar-refractivity contribution is 6.74. The third-order valence-electron chi connectivity index (χ3n) is 4.96. The molecule has 5 heteroatoms. The number of fused-ring (bicyclic) bond motifs is 1. The predicted molar refractivity (Wildman–Crippen MR) is 104 cm³/mol. The lowest BCUT2D eigenvalue weighted by molar-refractivity contribution is 0.399. The number of allylic oxidation sites excluding steroid dienone is 1. The Morgan fingerprint density at radius 2 is 1.96 bits per heavy atom. The lowest BCUT2D eigenvalue weighted by Gasteiger charge is -2.36. The summed E-state index contributed by atoms with van der Waals surface area (Å²) in [7, 11) is -0.325. The number of rotatable bonds is 6. The highest BCUT2D eigenvalue weighted by atomic mass is 28.4. The minimum absolute atomic E-state index is 0.129. The third kappa shape index (κ3) is 3.22. The molecule has 2 heterocycles. The van der Waals surface area contributed by atoms with Gasteiger partial charge in [-0.2, -0.15) is 0 Å². The van der Waals surface area contributed by atoms with E-state index >= 15 is 0 Å². The van der Waals surface area contributed by atoms with Crippen molar-refractivity contribution < 1.29 is 9.16 Å². The summed E-state index contributed by atoms with van der Waals surface area (Å²) in [6, 6.07) is 3.96. The number of hydrogen-bond donors (Lipinski definition) is 0. The summed E-state index contributed by atoms with van der Waals surface area (Å²) >= 11 is 0. The fourth-order valence-electron chi connectivity index (χ4n) is 2.54. The number of ether oxygens (including phenoxy) is 1. The fourth-order valence-corrected chi connectivity index (χ4v) is 3.57. The molecule has 0 amide bonds. The van der Waals surface area contributed by atoms with Crippen LogP contribution < -0.4 is 9.16 Å². The van der Waals surface area contributed by atoms with Gasteiger partial charge in [-0.25, -0.2) is 4.98 Å². The second-order valence-corrected chi connectivity index (χ2v) is 12.3. The first-order valence-corrected chi connectivity index (χ1v) is 11.4. The maximum absolute atomic E-state index is 6.69. The van der Waals surface area contributed by atoms with Crippen LogP contribution in [-0.4, -0.2) is 25.0 Å². The van der Waals surface area contributed by atoms with E-state index in [9.17, 15) is 0 Å². The first kappa shape index (κ1) is 18.6. The Morgan fingerprint density at radius 1 is 1.29 bits per heavy atom. The second kappa shape index (κ2) is 6.63. The van der Waals surface area contributed by atoms with E-state index in [-0.39, 0.29) is 5.04 Å². The van der Waals surface area contributed by atoms with Gasteiger partial charge in [-0.05, 0) is 30.6 Å². The molecular formula is C19H30N2O2Si. The summed E-state index contributed by atoms with van der Waals surface area (Å²) in [5.74, 6) is 1.53. The molecule has 0 fully saturated rings. The number of hydrogen-bond acceptors (Lipinski definition) is 3. The van der Waals surface area contributed by atoms with Crippen LogP contribution in [0.1, 0.15) is 33.4 Å². The van der Waals surface area contributed by atoms with Gasteiger partial charge in [0.2, 0.25) is 5.88 Å². The maximum Gasteiger partial charge on any atom is 0.250 e. The molecule has 2 aromatic heterocycles. The van der Waals surface area contributed by atoms with Crippen molar-refractivity contribution in [1.82, 2.24) is 9.55 Å². The zero-order chi connectivity index (χ0) is 18.1. The quantitative estimate of drug-likeness (QED) is 0.534. The molecule has 24 heavy (non-hydrogen) atoms. The zero-order valence-electron chi connectivity index (χ0n) is 16.1. The van der Waals surface area contributed by atoms with Gasteiger partial charge in [-0.1, -0.05) is 33.8 Å². The third-order valence-corrected chi connectivity index (χ3v) is 9.29. The van der Waals surface area contributed by atoms with Crippen LogP contribution in [0.3, 0.4) is 0 Å². The van der Waals surface area contributed by atoms with Gasteiger partial charge in [0, 0.05) is 12.6 Å². The lowest BCUT2D eigenvalue weighted by atomic mass is 10.2. The van der Waals surface area contributed by atoms with Crippen LogP contribution in [0, 0.1) is 0 Å². The van der Waals surface area contributed by atoms with E-state index in [4.69, 9.17) is 14.1 Å². The Hall–Kier alpha value is -1.75. The van der Waals surface area contributed by atoms with E-state index in [1.165, 1.54) is 5.69 Å². The van der Waals surface area contributed by atoms with Crippen molar-refractivity contribution in [3.63, 3.8) is 0 Å². The van der Waals surface area contributed by atoms with Crippen LogP contribution in [0.2, 0.25) is 18.1 Å². The fraction of sp³-hybridized carbons (Fsp3) is 0.526. The summed E-state index contributed by atoms with van der Waals surface area (Å²) in [6.07, 6.45) is 2.80. The zero-order valence-corrected chi connectivity index (χ0v) is 17.1. The molecule has 2 aromatic rings.